The van der Waals surface area contributed by atoms with Crippen molar-refractivity contribution in [2.24, 2.45) is 11.8 Å². The van der Waals surface area contributed by atoms with Crippen molar-refractivity contribution >= 4 is 17.2 Å². The number of carbonyl (C=O) groups is 1. The summed E-state index contributed by atoms with van der Waals surface area (Å²) in [5.41, 5.74) is 0. The number of rotatable bonds is 5. The third-order valence-corrected chi connectivity index (χ3v) is 4.84. The molecule has 1 N–H and O–H groups in total. The van der Waals surface area contributed by atoms with E-state index in [1.54, 1.807) is 11.3 Å². The molecular formula is C16H26N2OS. The zero-order valence-corrected chi connectivity index (χ0v) is 13.6. The molecule has 1 aromatic heterocycles. The number of hydrogen-bond acceptors (Lipinski definition) is 3. The van der Waals surface area contributed by atoms with Gasteiger partial charge in [0.15, 0.2) is 0 Å². The predicted octanol–water partition coefficient (Wildman–Crippen LogP) is 3.15. The van der Waals surface area contributed by atoms with Gasteiger partial charge in [0.1, 0.15) is 0 Å². The van der Waals surface area contributed by atoms with Gasteiger partial charge in [-0.3, -0.25) is 4.79 Å². The maximum absolute atomic E-state index is 11.9. The maximum atomic E-state index is 11.9. The Hall–Kier alpha value is -0.870. The molecule has 0 spiro atoms. The molecule has 0 aromatic carbocycles. The minimum Gasteiger partial charge on any atom is -0.351 e. The first-order valence-corrected chi connectivity index (χ1v) is 8.43. The van der Waals surface area contributed by atoms with Crippen LogP contribution in [0.3, 0.4) is 0 Å². The van der Waals surface area contributed by atoms with Gasteiger partial charge in [-0.2, -0.15) is 0 Å². The molecule has 3 nitrogen and oxygen atoms in total. The average molecular weight is 294 g/mol. The van der Waals surface area contributed by atoms with Crippen LogP contribution in [0.1, 0.15) is 41.2 Å². The van der Waals surface area contributed by atoms with Gasteiger partial charge in [0.05, 0.1) is 4.88 Å². The average Bonchev–Trinajstić information content (AvgIpc) is 2.80. The summed E-state index contributed by atoms with van der Waals surface area (Å²) in [4.78, 5) is 16.4. The lowest BCUT2D eigenvalue weighted by molar-refractivity contribution is 0.0951. The summed E-state index contributed by atoms with van der Waals surface area (Å²) in [6.45, 7) is 11.0. The molecule has 1 saturated heterocycles. The SMILES string of the molecule is Cc1ccc(C(=O)NCCCN2C[C@H](C)C[C@H](C)C2)s1. The second kappa shape index (κ2) is 7.23. The van der Waals surface area contributed by atoms with Crippen LogP contribution in [-0.4, -0.2) is 37.0 Å². The van der Waals surface area contributed by atoms with Crippen molar-refractivity contribution in [2.75, 3.05) is 26.2 Å². The molecule has 1 aliphatic heterocycles. The fourth-order valence-corrected chi connectivity index (χ4v) is 3.91. The minimum atomic E-state index is 0.0727. The van der Waals surface area contributed by atoms with Crippen LogP contribution in [0.5, 0.6) is 0 Å². The van der Waals surface area contributed by atoms with E-state index in [2.05, 4.69) is 24.1 Å². The van der Waals surface area contributed by atoms with E-state index in [1.165, 1.54) is 24.4 Å². The van der Waals surface area contributed by atoms with Crippen LogP contribution in [0, 0.1) is 18.8 Å². The number of amides is 1. The minimum absolute atomic E-state index is 0.0727. The molecule has 0 unspecified atom stereocenters. The van der Waals surface area contributed by atoms with Crippen LogP contribution in [-0.2, 0) is 0 Å². The maximum Gasteiger partial charge on any atom is 0.261 e. The highest BCUT2D eigenvalue weighted by atomic mass is 32.1. The Morgan fingerprint density at radius 2 is 2.05 bits per heavy atom. The zero-order valence-electron chi connectivity index (χ0n) is 12.8. The highest BCUT2D eigenvalue weighted by Gasteiger charge is 2.21. The van der Waals surface area contributed by atoms with Crippen molar-refractivity contribution in [1.29, 1.82) is 0 Å². The highest BCUT2D eigenvalue weighted by Crippen LogP contribution is 2.20. The second-order valence-electron chi connectivity index (χ2n) is 6.23. The molecule has 112 valence electrons. The number of nitrogens with one attached hydrogen (secondary N) is 1. The molecule has 1 aliphatic rings. The van der Waals surface area contributed by atoms with Gasteiger partial charge in [-0.05, 0) is 50.3 Å². The molecule has 0 saturated carbocycles. The Morgan fingerprint density at radius 3 is 2.65 bits per heavy atom. The largest absolute Gasteiger partial charge is 0.351 e. The van der Waals surface area contributed by atoms with Crippen molar-refractivity contribution in [3.8, 4) is 0 Å². The Balaban J connectivity index is 1.65. The normalized spacial score (nSPS) is 23.8. The summed E-state index contributed by atoms with van der Waals surface area (Å²) < 4.78 is 0. The zero-order chi connectivity index (χ0) is 14.5. The third kappa shape index (κ3) is 4.60. The third-order valence-electron chi connectivity index (χ3n) is 3.85. The molecular weight excluding hydrogens is 268 g/mol. The van der Waals surface area contributed by atoms with Crippen LogP contribution < -0.4 is 5.32 Å². The summed E-state index contributed by atoms with van der Waals surface area (Å²) in [6, 6.07) is 3.90. The van der Waals surface area contributed by atoms with Gasteiger partial charge in [0.2, 0.25) is 0 Å². The number of likely N-dealkylation sites (tertiary alicyclic amines) is 1. The Kier molecular flexibility index (Phi) is 5.61. The molecule has 2 rings (SSSR count). The van der Waals surface area contributed by atoms with E-state index in [0.717, 1.165) is 36.2 Å². The molecule has 1 aromatic rings. The fraction of sp³-hybridized carbons (Fsp3) is 0.688. The van der Waals surface area contributed by atoms with Crippen LogP contribution in [0.2, 0.25) is 0 Å². The summed E-state index contributed by atoms with van der Waals surface area (Å²) >= 11 is 1.56. The lowest BCUT2D eigenvalue weighted by atomic mass is 9.92. The van der Waals surface area contributed by atoms with E-state index in [9.17, 15) is 4.79 Å². The first-order chi connectivity index (χ1) is 9.54. The van der Waals surface area contributed by atoms with E-state index in [4.69, 9.17) is 0 Å². The molecule has 2 atom stereocenters. The first-order valence-electron chi connectivity index (χ1n) is 7.61. The van der Waals surface area contributed by atoms with E-state index in [-0.39, 0.29) is 5.91 Å². The molecule has 0 aliphatic carbocycles. The number of nitrogens with zero attached hydrogens (tertiary/aromatic N) is 1. The molecule has 0 bridgehead atoms. The number of aryl methyl sites for hydroxylation is 1. The summed E-state index contributed by atoms with van der Waals surface area (Å²) in [7, 11) is 0. The Morgan fingerprint density at radius 1 is 1.35 bits per heavy atom. The fourth-order valence-electron chi connectivity index (χ4n) is 3.12. The van der Waals surface area contributed by atoms with Crippen molar-refractivity contribution in [1.82, 2.24) is 10.2 Å². The van der Waals surface area contributed by atoms with Gasteiger partial charge >= 0.3 is 0 Å². The number of thiophene rings is 1. The molecule has 20 heavy (non-hydrogen) atoms. The standard InChI is InChI=1S/C16H26N2OS/c1-12-9-13(2)11-18(10-12)8-4-7-17-16(19)15-6-5-14(3)20-15/h5-6,12-13H,4,7-11H2,1-3H3,(H,17,19)/t12-,13+. The van der Waals surface area contributed by atoms with E-state index in [0.29, 0.717) is 0 Å². The monoisotopic (exact) mass is 294 g/mol. The quantitative estimate of drug-likeness (QED) is 0.846. The summed E-state index contributed by atoms with van der Waals surface area (Å²) in [5.74, 6) is 1.69. The van der Waals surface area contributed by atoms with Crippen molar-refractivity contribution in [3.05, 3.63) is 21.9 Å². The van der Waals surface area contributed by atoms with Crippen LogP contribution in [0.25, 0.3) is 0 Å². The highest BCUT2D eigenvalue weighted by molar-refractivity contribution is 7.13. The molecule has 2 heterocycles. The van der Waals surface area contributed by atoms with E-state index >= 15 is 0 Å². The first kappa shape index (κ1) is 15.5. The molecule has 1 fully saturated rings. The molecule has 0 radical (unpaired) electrons. The Bertz CT molecular complexity index is 433. The summed E-state index contributed by atoms with van der Waals surface area (Å²) in [5, 5.41) is 3.02. The lowest BCUT2D eigenvalue weighted by Crippen LogP contribution is -2.40. The number of piperidine rings is 1. The van der Waals surface area contributed by atoms with E-state index < -0.39 is 0 Å². The van der Waals surface area contributed by atoms with Gasteiger partial charge in [-0.1, -0.05) is 13.8 Å². The lowest BCUT2D eigenvalue weighted by Gasteiger charge is -2.34. The van der Waals surface area contributed by atoms with Gasteiger partial charge in [-0.25, -0.2) is 0 Å². The van der Waals surface area contributed by atoms with Crippen LogP contribution >= 0.6 is 11.3 Å². The van der Waals surface area contributed by atoms with Crippen molar-refractivity contribution in [2.45, 2.75) is 33.6 Å². The van der Waals surface area contributed by atoms with Crippen molar-refractivity contribution < 1.29 is 4.79 Å². The van der Waals surface area contributed by atoms with Gasteiger partial charge in [0, 0.05) is 24.5 Å². The van der Waals surface area contributed by atoms with E-state index in [1.807, 2.05) is 19.1 Å². The molecule has 4 heteroatoms. The predicted molar refractivity (Wildman–Crippen MR) is 85.4 cm³/mol. The van der Waals surface area contributed by atoms with Gasteiger partial charge < -0.3 is 10.2 Å². The van der Waals surface area contributed by atoms with Crippen LogP contribution in [0.4, 0.5) is 0 Å². The van der Waals surface area contributed by atoms with Crippen LogP contribution in [0.15, 0.2) is 12.1 Å². The smallest absolute Gasteiger partial charge is 0.261 e. The number of hydrogen-bond donors (Lipinski definition) is 1. The topological polar surface area (TPSA) is 32.3 Å². The summed E-state index contributed by atoms with van der Waals surface area (Å²) in [6.07, 6.45) is 2.39. The molecule has 1 amide bonds. The van der Waals surface area contributed by atoms with Gasteiger partial charge in [-0.15, -0.1) is 11.3 Å². The Labute approximate surface area is 126 Å². The van der Waals surface area contributed by atoms with Crippen molar-refractivity contribution in [3.63, 3.8) is 0 Å². The second-order valence-corrected chi connectivity index (χ2v) is 7.51. The van der Waals surface area contributed by atoms with Gasteiger partial charge in [0.25, 0.3) is 5.91 Å². The number of carbonyl (C=O) groups excluding carboxylic acids is 1.